The first-order valence-electron chi connectivity index (χ1n) is 8.63. The molecule has 1 atom stereocenters. The Morgan fingerprint density at radius 1 is 1.25 bits per heavy atom. The zero-order valence-corrected chi connectivity index (χ0v) is 14.5. The van der Waals surface area contributed by atoms with Crippen LogP contribution in [0, 0.1) is 0 Å². The fraction of sp³-hybridized carbons (Fsp3) is 0.333. The topological polar surface area (TPSA) is 81.2 Å². The predicted octanol–water partition coefficient (Wildman–Crippen LogP) is 2.92. The number of alkyl halides is 3. The number of rotatable bonds is 3. The first-order valence-corrected chi connectivity index (χ1v) is 8.63. The first kappa shape index (κ1) is 18.2. The highest BCUT2D eigenvalue weighted by Gasteiger charge is 2.38. The van der Waals surface area contributed by atoms with Crippen molar-refractivity contribution in [2.45, 2.75) is 31.6 Å². The molecule has 3 aromatic rings. The summed E-state index contributed by atoms with van der Waals surface area (Å²) in [7, 11) is 0. The molecule has 0 aliphatic carbocycles. The van der Waals surface area contributed by atoms with E-state index < -0.39 is 30.2 Å². The standard InChI is InChI=1S/C18H15F3N4O3/c19-18(20,21)10-25-15(23-12-5-2-1-4-11(12)16(25)26)13-6-3-9-24(13)17(27)14-7-8-22-28-14/h1-2,4-5,7-8,13H,3,6,9-10H2. The van der Waals surface area contributed by atoms with Crippen molar-refractivity contribution in [1.82, 2.24) is 19.6 Å². The summed E-state index contributed by atoms with van der Waals surface area (Å²) < 4.78 is 45.0. The summed E-state index contributed by atoms with van der Waals surface area (Å²) in [6.45, 7) is -1.15. The predicted molar refractivity (Wildman–Crippen MR) is 91.6 cm³/mol. The summed E-state index contributed by atoms with van der Waals surface area (Å²) in [5, 5.41) is 3.59. The number of fused-ring (bicyclic) bond motifs is 1. The normalized spacial score (nSPS) is 17.4. The van der Waals surface area contributed by atoms with Crippen molar-refractivity contribution >= 4 is 16.8 Å². The van der Waals surface area contributed by atoms with E-state index in [2.05, 4.69) is 10.1 Å². The van der Waals surface area contributed by atoms with Gasteiger partial charge in [0, 0.05) is 12.6 Å². The molecule has 0 spiro atoms. The van der Waals surface area contributed by atoms with E-state index in [4.69, 9.17) is 4.52 Å². The molecule has 1 unspecified atom stereocenters. The molecule has 146 valence electrons. The van der Waals surface area contributed by atoms with E-state index in [0.29, 0.717) is 29.5 Å². The van der Waals surface area contributed by atoms with Crippen molar-refractivity contribution in [2.24, 2.45) is 0 Å². The summed E-state index contributed by atoms with van der Waals surface area (Å²) >= 11 is 0. The monoisotopic (exact) mass is 392 g/mol. The van der Waals surface area contributed by atoms with Gasteiger partial charge in [-0.15, -0.1) is 0 Å². The summed E-state index contributed by atoms with van der Waals surface area (Å²) in [6, 6.07) is 6.84. The zero-order valence-electron chi connectivity index (χ0n) is 14.5. The molecule has 0 radical (unpaired) electrons. The maximum atomic E-state index is 13.2. The Morgan fingerprint density at radius 2 is 2.04 bits per heavy atom. The molecule has 3 heterocycles. The molecule has 1 aliphatic rings. The third kappa shape index (κ3) is 3.25. The van der Waals surface area contributed by atoms with Crippen molar-refractivity contribution in [2.75, 3.05) is 6.54 Å². The minimum Gasteiger partial charge on any atom is -0.351 e. The van der Waals surface area contributed by atoms with Gasteiger partial charge in [0.1, 0.15) is 12.4 Å². The molecule has 1 saturated heterocycles. The van der Waals surface area contributed by atoms with Crippen LogP contribution in [0.4, 0.5) is 13.2 Å². The van der Waals surface area contributed by atoms with E-state index in [0.717, 1.165) is 0 Å². The smallest absolute Gasteiger partial charge is 0.351 e. The Kier molecular flexibility index (Phi) is 4.40. The molecule has 4 rings (SSSR count). The van der Waals surface area contributed by atoms with Gasteiger partial charge in [0.05, 0.1) is 23.1 Å². The van der Waals surface area contributed by atoms with E-state index in [1.807, 2.05) is 0 Å². The van der Waals surface area contributed by atoms with Gasteiger partial charge in [0.2, 0.25) is 5.76 Å². The lowest BCUT2D eigenvalue weighted by Crippen LogP contribution is -2.37. The van der Waals surface area contributed by atoms with Gasteiger partial charge < -0.3 is 9.42 Å². The molecular formula is C18H15F3N4O3. The number of likely N-dealkylation sites (tertiary alicyclic amines) is 1. The number of amides is 1. The van der Waals surface area contributed by atoms with E-state index in [-0.39, 0.29) is 17.0 Å². The average Bonchev–Trinajstić information content (AvgIpc) is 3.34. The van der Waals surface area contributed by atoms with Crippen LogP contribution in [-0.4, -0.2) is 38.2 Å². The van der Waals surface area contributed by atoms with Crippen LogP contribution in [0.15, 0.2) is 45.8 Å². The van der Waals surface area contributed by atoms with Crippen molar-refractivity contribution in [3.63, 3.8) is 0 Å². The minimum absolute atomic E-state index is 0.0163. The highest BCUT2D eigenvalue weighted by Crippen LogP contribution is 2.33. The van der Waals surface area contributed by atoms with Gasteiger partial charge in [-0.2, -0.15) is 13.2 Å². The quantitative estimate of drug-likeness (QED) is 0.685. The van der Waals surface area contributed by atoms with Gasteiger partial charge in [0.15, 0.2) is 0 Å². The molecular weight excluding hydrogens is 377 g/mol. The van der Waals surface area contributed by atoms with E-state index in [9.17, 15) is 22.8 Å². The number of halogens is 3. The maximum Gasteiger partial charge on any atom is 0.406 e. The van der Waals surface area contributed by atoms with Crippen LogP contribution in [0.1, 0.15) is 35.3 Å². The molecule has 7 nitrogen and oxygen atoms in total. The Bertz CT molecular complexity index is 1080. The van der Waals surface area contributed by atoms with E-state index in [1.165, 1.54) is 23.2 Å². The van der Waals surface area contributed by atoms with Crippen LogP contribution >= 0.6 is 0 Å². The van der Waals surface area contributed by atoms with Crippen LogP contribution in [0.5, 0.6) is 0 Å². The van der Waals surface area contributed by atoms with Gasteiger partial charge >= 0.3 is 6.18 Å². The van der Waals surface area contributed by atoms with Crippen molar-refractivity contribution in [3.05, 3.63) is 58.5 Å². The van der Waals surface area contributed by atoms with Gasteiger partial charge in [-0.1, -0.05) is 17.3 Å². The number of para-hydroxylation sites is 1. The average molecular weight is 392 g/mol. The lowest BCUT2D eigenvalue weighted by atomic mass is 10.1. The first-order chi connectivity index (χ1) is 13.3. The number of nitrogens with zero attached hydrogens (tertiary/aromatic N) is 4. The molecule has 1 amide bonds. The molecule has 1 aliphatic heterocycles. The summed E-state index contributed by atoms with van der Waals surface area (Å²) in [4.78, 5) is 31.2. The van der Waals surface area contributed by atoms with Crippen molar-refractivity contribution < 1.29 is 22.5 Å². The molecule has 28 heavy (non-hydrogen) atoms. The van der Waals surface area contributed by atoms with Crippen LogP contribution in [0.2, 0.25) is 0 Å². The highest BCUT2D eigenvalue weighted by atomic mass is 19.4. The third-order valence-electron chi connectivity index (χ3n) is 4.69. The van der Waals surface area contributed by atoms with Crippen molar-refractivity contribution in [1.29, 1.82) is 0 Å². The maximum absolute atomic E-state index is 13.2. The van der Waals surface area contributed by atoms with Crippen molar-refractivity contribution in [3.8, 4) is 0 Å². The van der Waals surface area contributed by atoms with Gasteiger partial charge in [-0.25, -0.2) is 4.98 Å². The summed E-state index contributed by atoms with van der Waals surface area (Å²) in [5.74, 6) is -0.593. The van der Waals surface area contributed by atoms with Crippen LogP contribution in [-0.2, 0) is 6.54 Å². The Hall–Kier alpha value is -3.17. The number of hydrogen-bond acceptors (Lipinski definition) is 5. The van der Waals surface area contributed by atoms with E-state index >= 15 is 0 Å². The zero-order chi connectivity index (χ0) is 19.9. The Labute approximate surface area is 156 Å². The van der Waals surface area contributed by atoms with E-state index in [1.54, 1.807) is 18.2 Å². The van der Waals surface area contributed by atoms with Crippen LogP contribution < -0.4 is 5.56 Å². The summed E-state index contributed by atoms with van der Waals surface area (Å²) in [5.41, 5.74) is -0.489. The number of hydrogen-bond donors (Lipinski definition) is 0. The largest absolute Gasteiger partial charge is 0.406 e. The lowest BCUT2D eigenvalue weighted by Gasteiger charge is -2.26. The second-order valence-corrected chi connectivity index (χ2v) is 6.53. The van der Waals surface area contributed by atoms with Gasteiger partial charge in [0.25, 0.3) is 11.5 Å². The molecule has 2 aromatic heterocycles. The molecule has 1 aromatic carbocycles. The second-order valence-electron chi connectivity index (χ2n) is 6.53. The van der Waals surface area contributed by atoms with Crippen LogP contribution in [0.3, 0.4) is 0 Å². The molecule has 1 fully saturated rings. The highest BCUT2D eigenvalue weighted by molar-refractivity contribution is 5.91. The summed E-state index contributed by atoms with van der Waals surface area (Å²) in [6.07, 6.45) is -2.34. The number of carbonyl (C=O) groups excluding carboxylic acids is 1. The minimum atomic E-state index is -4.61. The van der Waals surface area contributed by atoms with Gasteiger partial charge in [-0.05, 0) is 25.0 Å². The number of carbonyl (C=O) groups is 1. The fourth-order valence-electron chi connectivity index (χ4n) is 3.52. The van der Waals surface area contributed by atoms with Gasteiger partial charge in [-0.3, -0.25) is 14.2 Å². The fourth-order valence-corrected chi connectivity index (χ4v) is 3.52. The Morgan fingerprint density at radius 3 is 2.75 bits per heavy atom. The third-order valence-corrected chi connectivity index (χ3v) is 4.69. The molecule has 0 saturated carbocycles. The Balaban J connectivity index is 1.85. The number of benzene rings is 1. The van der Waals surface area contributed by atoms with Crippen LogP contribution in [0.25, 0.3) is 10.9 Å². The lowest BCUT2D eigenvalue weighted by molar-refractivity contribution is -0.141. The molecule has 0 bridgehead atoms. The second kappa shape index (κ2) is 6.77. The molecule has 0 N–H and O–H groups in total. The SMILES string of the molecule is O=C(c1ccno1)N1CCCC1c1nc2ccccc2c(=O)n1CC(F)(F)F. The number of aromatic nitrogens is 3. The molecule has 10 heteroatoms.